The quantitative estimate of drug-likeness (QED) is 0.662. The molecule has 2 fully saturated rings. The third kappa shape index (κ3) is 3.00. The van der Waals surface area contributed by atoms with Gasteiger partial charge in [-0.2, -0.15) is 0 Å². The summed E-state index contributed by atoms with van der Waals surface area (Å²) in [5.41, 5.74) is -0.699. The van der Waals surface area contributed by atoms with Crippen molar-refractivity contribution in [3.05, 3.63) is 36.4 Å². The number of hydrogen-bond acceptors (Lipinski definition) is 7. The van der Waals surface area contributed by atoms with Crippen molar-refractivity contribution in [1.29, 1.82) is 0 Å². The van der Waals surface area contributed by atoms with Crippen LogP contribution in [0.1, 0.15) is 18.5 Å². The van der Waals surface area contributed by atoms with Crippen LogP contribution in [0.5, 0.6) is 0 Å². The first kappa shape index (κ1) is 17.1. The van der Waals surface area contributed by atoms with Crippen LogP contribution >= 0.6 is 0 Å². The normalized spacial score (nSPS) is 23.2. The van der Waals surface area contributed by atoms with Crippen LogP contribution in [0.15, 0.2) is 30.7 Å². The second-order valence-electron chi connectivity index (χ2n) is 6.59. The van der Waals surface area contributed by atoms with Gasteiger partial charge in [0.15, 0.2) is 5.54 Å². The number of urea groups is 1. The number of piperidine rings is 1. The van der Waals surface area contributed by atoms with Gasteiger partial charge in [0, 0.05) is 25.2 Å². The van der Waals surface area contributed by atoms with Gasteiger partial charge in [-0.25, -0.2) is 9.48 Å². The predicted octanol–water partition coefficient (Wildman–Crippen LogP) is -0.958. The van der Waals surface area contributed by atoms with E-state index >= 15 is 0 Å². The standard InChI is InChI=1S/C16H18N8O3/c25-13(9-24-10-18-21-22-24)23-7-4-11(5-8-23)16(12-3-1-2-6-17-12)14(26)19-15(27)20-16/h1-3,6,10-11H,4-5,7-9H2,(H2,19,20,26,27). The molecule has 4 rings (SSSR count). The number of likely N-dealkylation sites (tertiary alicyclic amines) is 1. The second-order valence-corrected chi connectivity index (χ2v) is 6.59. The molecule has 0 radical (unpaired) electrons. The Balaban J connectivity index is 1.50. The van der Waals surface area contributed by atoms with E-state index in [1.165, 1.54) is 11.0 Å². The molecule has 2 saturated heterocycles. The Morgan fingerprint density at radius 3 is 2.67 bits per heavy atom. The van der Waals surface area contributed by atoms with Gasteiger partial charge in [0.2, 0.25) is 5.91 Å². The van der Waals surface area contributed by atoms with Crippen LogP contribution in [0, 0.1) is 5.92 Å². The first-order chi connectivity index (χ1) is 13.1. The average molecular weight is 370 g/mol. The Morgan fingerprint density at radius 1 is 1.26 bits per heavy atom. The maximum atomic E-state index is 12.7. The van der Waals surface area contributed by atoms with E-state index in [1.807, 2.05) is 0 Å². The number of aromatic nitrogens is 5. The maximum absolute atomic E-state index is 12.7. The SMILES string of the molecule is O=C1NC(=O)C(c2ccccn2)(C2CCN(C(=O)Cn3cnnn3)CC2)N1. The van der Waals surface area contributed by atoms with E-state index in [2.05, 4.69) is 31.1 Å². The van der Waals surface area contributed by atoms with E-state index < -0.39 is 17.5 Å². The van der Waals surface area contributed by atoms with Crippen molar-refractivity contribution in [2.75, 3.05) is 13.1 Å². The van der Waals surface area contributed by atoms with Gasteiger partial charge in [0.25, 0.3) is 5.91 Å². The minimum atomic E-state index is -1.21. The van der Waals surface area contributed by atoms with Gasteiger partial charge in [-0.05, 0) is 35.4 Å². The number of amides is 4. The van der Waals surface area contributed by atoms with Crippen molar-refractivity contribution >= 4 is 17.8 Å². The fraction of sp³-hybridized carbons (Fsp3) is 0.438. The lowest BCUT2D eigenvalue weighted by atomic mass is 9.75. The summed E-state index contributed by atoms with van der Waals surface area (Å²) < 4.78 is 1.37. The summed E-state index contributed by atoms with van der Waals surface area (Å²) in [5, 5.41) is 15.8. The Morgan fingerprint density at radius 2 is 2.07 bits per heavy atom. The zero-order valence-corrected chi connectivity index (χ0v) is 14.4. The molecule has 4 amide bonds. The molecule has 4 heterocycles. The van der Waals surface area contributed by atoms with Crippen LogP contribution in [0.25, 0.3) is 0 Å². The number of carbonyl (C=O) groups excluding carboxylic acids is 3. The molecule has 0 saturated carbocycles. The lowest BCUT2D eigenvalue weighted by Crippen LogP contribution is -2.54. The lowest BCUT2D eigenvalue weighted by Gasteiger charge is -2.40. The summed E-state index contributed by atoms with van der Waals surface area (Å²) in [7, 11) is 0. The fourth-order valence-corrected chi connectivity index (χ4v) is 3.79. The lowest BCUT2D eigenvalue weighted by molar-refractivity contribution is -0.134. The zero-order valence-electron chi connectivity index (χ0n) is 14.4. The molecular weight excluding hydrogens is 352 g/mol. The Hall–Kier alpha value is -3.37. The number of nitrogens with one attached hydrogen (secondary N) is 2. The molecule has 27 heavy (non-hydrogen) atoms. The summed E-state index contributed by atoms with van der Waals surface area (Å²) in [5.74, 6) is -0.659. The van der Waals surface area contributed by atoms with Gasteiger partial charge in [0.05, 0.1) is 5.69 Å². The van der Waals surface area contributed by atoms with Crippen molar-refractivity contribution in [1.82, 2.24) is 40.7 Å². The number of imide groups is 1. The summed E-state index contributed by atoms with van der Waals surface area (Å²) in [4.78, 5) is 43.0. The van der Waals surface area contributed by atoms with Crippen LogP contribution in [-0.2, 0) is 21.7 Å². The highest BCUT2D eigenvalue weighted by atomic mass is 16.2. The largest absolute Gasteiger partial charge is 0.341 e. The molecule has 2 aliphatic rings. The molecule has 0 aliphatic carbocycles. The zero-order chi connectivity index (χ0) is 18.9. The van der Waals surface area contributed by atoms with Crippen LogP contribution < -0.4 is 10.6 Å². The highest BCUT2D eigenvalue weighted by Gasteiger charge is 2.54. The molecule has 2 aliphatic heterocycles. The topological polar surface area (TPSA) is 135 Å². The van der Waals surface area contributed by atoms with Gasteiger partial charge >= 0.3 is 6.03 Å². The Labute approximate surface area is 154 Å². The highest BCUT2D eigenvalue weighted by Crippen LogP contribution is 2.38. The molecule has 0 aromatic carbocycles. The minimum absolute atomic E-state index is 0.0697. The number of hydrogen-bond donors (Lipinski definition) is 2. The smallest absolute Gasteiger partial charge is 0.322 e. The van der Waals surface area contributed by atoms with E-state index in [-0.39, 0.29) is 18.4 Å². The average Bonchev–Trinajstić information content (AvgIpc) is 3.30. The summed E-state index contributed by atoms with van der Waals surface area (Å²) in [6, 6.07) is 4.75. The van der Waals surface area contributed by atoms with Gasteiger partial charge < -0.3 is 10.2 Å². The van der Waals surface area contributed by atoms with Crippen LogP contribution in [0.3, 0.4) is 0 Å². The molecule has 2 N–H and O–H groups in total. The summed E-state index contributed by atoms with van der Waals surface area (Å²) in [6.45, 7) is 1.02. The predicted molar refractivity (Wildman–Crippen MR) is 89.7 cm³/mol. The number of tetrazole rings is 1. The molecular formula is C16H18N8O3. The first-order valence-corrected chi connectivity index (χ1v) is 8.63. The van der Waals surface area contributed by atoms with Gasteiger partial charge in [-0.3, -0.25) is 19.9 Å². The maximum Gasteiger partial charge on any atom is 0.322 e. The van der Waals surface area contributed by atoms with Gasteiger partial charge in [0.1, 0.15) is 12.9 Å². The number of nitrogens with zero attached hydrogens (tertiary/aromatic N) is 6. The highest BCUT2D eigenvalue weighted by molar-refractivity contribution is 6.07. The number of carbonyl (C=O) groups is 3. The third-order valence-corrected chi connectivity index (χ3v) is 5.11. The number of pyridine rings is 1. The van der Waals surface area contributed by atoms with Crippen molar-refractivity contribution in [2.45, 2.75) is 24.9 Å². The summed E-state index contributed by atoms with van der Waals surface area (Å²) >= 11 is 0. The van der Waals surface area contributed by atoms with Crippen LogP contribution in [0.2, 0.25) is 0 Å². The molecule has 0 bridgehead atoms. The van der Waals surface area contributed by atoms with Crippen molar-refractivity contribution in [3.63, 3.8) is 0 Å². The van der Waals surface area contributed by atoms with E-state index in [4.69, 9.17) is 0 Å². The molecule has 1 atom stereocenters. The first-order valence-electron chi connectivity index (χ1n) is 8.63. The van der Waals surface area contributed by atoms with Crippen molar-refractivity contribution in [2.24, 2.45) is 5.92 Å². The van der Waals surface area contributed by atoms with Crippen molar-refractivity contribution < 1.29 is 14.4 Å². The monoisotopic (exact) mass is 370 g/mol. The molecule has 11 nitrogen and oxygen atoms in total. The minimum Gasteiger partial charge on any atom is -0.341 e. The summed E-state index contributed by atoms with van der Waals surface area (Å²) in [6.07, 6.45) is 4.11. The Bertz CT molecular complexity index is 848. The third-order valence-electron chi connectivity index (χ3n) is 5.11. The fourth-order valence-electron chi connectivity index (χ4n) is 3.79. The van der Waals surface area contributed by atoms with Crippen LogP contribution in [-0.4, -0.2) is 61.0 Å². The second kappa shape index (κ2) is 6.74. The van der Waals surface area contributed by atoms with Crippen LogP contribution in [0.4, 0.5) is 4.79 Å². The molecule has 2 aromatic rings. The van der Waals surface area contributed by atoms with E-state index in [0.29, 0.717) is 31.6 Å². The van der Waals surface area contributed by atoms with E-state index in [0.717, 1.165) is 0 Å². The molecule has 11 heteroatoms. The van der Waals surface area contributed by atoms with Crippen molar-refractivity contribution in [3.8, 4) is 0 Å². The molecule has 2 aromatic heterocycles. The van der Waals surface area contributed by atoms with Gasteiger partial charge in [-0.1, -0.05) is 6.07 Å². The number of rotatable bonds is 4. The van der Waals surface area contributed by atoms with E-state index in [1.54, 1.807) is 29.3 Å². The molecule has 0 spiro atoms. The molecule has 140 valence electrons. The Kier molecular flexibility index (Phi) is 4.26. The van der Waals surface area contributed by atoms with Gasteiger partial charge in [-0.15, -0.1) is 5.10 Å². The molecule has 1 unspecified atom stereocenters. The van der Waals surface area contributed by atoms with E-state index in [9.17, 15) is 14.4 Å².